The average molecular weight is 734 g/mol. The van der Waals surface area contributed by atoms with Crippen LogP contribution in [0.25, 0.3) is 0 Å². The number of nitrogens with one attached hydrogen (secondary N) is 1. The number of piperidine rings is 1. The van der Waals surface area contributed by atoms with Crippen molar-refractivity contribution in [3.05, 3.63) is 58.2 Å². The van der Waals surface area contributed by atoms with Crippen molar-refractivity contribution in [1.82, 2.24) is 21.4 Å². The summed E-state index contributed by atoms with van der Waals surface area (Å²) in [6.07, 6.45) is 4.37. The summed E-state index contributed by atoms with van der Waals surface area (Å²) >= 11 is -1.92. The molecule has 3 heterocycles. The topological polar surface area (TPSA) is 251 Å². The van der Waals surface area contributed by atoms with Gasteiger partial charge < -0.3 is 33.1 Å². The summed E-state index contributed by atoms with van der Waals surface area (Å²) in [5.74, 6) is -0.318. The zero-order valence-electron chi connectivity index (χ0n) is 23.5. The summed E-state index contributed by atoms with van der Waals surface area (Å²) < 4.78 is 21.6. The maximum atomic E-state index is 11.1. The molecule has 2 aromatic heterocycles. The van der Waals surface area contributed by atoms with Gasteiger partial charge in [0.25, 0.3) is 5.91 Å². The molecule has 1 saturated heterocycles. The quantitative estimate of drug-likeness (QED) is 0.331. The molecule has 0 radical (unpaired) electrons. The first kappa shape index (κ1) is 40.4. The molecule has 13 nitrogen and oxygen atoms in total. The fraction of sp³-hybridized carbons (Fsp3) is 0.480. The molecule has 2 aromatic rings. The Morgan fingerprint density at radius 3 is 1.74 bits per heavy atom. The molecule has 0 aliphatic carbocycles. The van der Waals surface area contributed by atoms with Crippen LogP contribution in [0.2, 0.25) is 0 Å². The zero-order valence-corrected chi connectivity index (χ0v) is 25.7. The number of nitrogens with two attached hydrogens (primary N) is 2. The van der Waals surface area contributed by atoms with E-state index in [4.69, 9.17) is 18.3 Å². The van der Waals surface area contributed by atoms with Gasteiger partial charge in [0.2, 0.25) is 5.91 Å². The molecule has 3 unspecified atom stereocenters. The molecule has 10 N–H and O–H groups in total. The Labute approximate surface area is 237 Å². The fourth-order valence-electron chi connectivity index (χ4n) is 3.45. The third-order valence-electron chi connectivity index (χ3n) is 5.53. The van der Waals surface area contributed by atoms with Gasteiger partial charge in [-0.1, -0.05) is 6.92 Å². The molecule has 3 atom stereocenters. The Balaban J connectivity index is -0.000000463. The summed E-state index contributed by atoms with van der Waals surface area (Å²) in [7, 11) is 1.37. The van der Waals surface area contributed by atoms with Crippen LogP contribution in [0.1, 0.15) is 63.5 Å². The van der Waals surface area contributed by atoms with Gasteiger partial charge in [0.15, 0.2) is 0 Å². The van der Waals surface area contributed by atoms with Crippen molar-refractivity contribution in [2.45, 2.75) is 54.0 Å². The molecule has 14 heteroatoms. The van der Waals surface area contributed by atoms with Crippen LogP contribution in [0.3, 0.4) is 0 Å². The first-order valence-electron chi connectivity index (χ1n) is 11.4. The van der Waals surface area contributed by atoms with Crippen LogP contribution in [0.4, 0.5) is 0 Å². The average Bonchev–Trinajstić information content (AvgIpc) is 2.84. The van der Waals surface area contributed by atoms with E-state index in [2.05, 4.69) is 26.9 Å². The number of carbonyl (C=O) groups excluding carboxylic acids is 3. The Morgan fingerprint density at radius 1 is 0.949 bits per heavy atom. The predicted molar refractivity (Wildman–Crippen MR) is 141 cm³/mol. The molecule has 2 amide bonds. The van der Waals surface area contributed by atoms with Crippen LogP contribution >= 0.6 is 0 Å². The molecule has 1 aliphatic heterocycles. The van der Waals surface area contributed by atoms with Gasteiger partial charge >= 0.3 is 31.3 Å². The number of amides is 2. The van der Waals surface area contributed by atoms with E-state index in [0.29, 0.717) is 28.4 Å². The Bertz CT molecular complexity index is 1110. The molecule has 1 fully saturated rings. The van der Waals surface area contributed by atoms with Crippen LogP contribution in [0, 0.1) is 39.5 Å². The number of hydrogen-bond acceptors (Lipinski definition) is 10. The number of primary amides is 2. The number of aryl methyl sites for hydroxylation is 4. The van der Waals surface area contributed by atoms with Crippen LogP contribution < -0.4 is 22.9 Å². The van der Waals surface area contributed by atoms with E-state index in [-0.39, 0.29) is 35.5 Å². The van der Waals surface area contributed by atoms with E-state index in [9.17, 15) is 14.4 Å². The van der Waals surface area contributed by atoms with Crippen molar-refractivity contribution < 1.29 is 49.9 Å². The molecule has 0 spiro atoms. The summed E-state index contributed by atoms with van der Waals surface area (Å²) in [5, 5.41) is 3.26. The van der Waals surface area contributed by atoms with Crippen molar-refractivity contribution in [1.29, 1.82) is 0 Å². The maximum absolute atomic E-state index is 11.1. The van der Waals surface area contributed by atoms with E-state index in [1.54, 1.807) is 38.4 Å². The van der Waals surface area contributed by atoms with Crippen LogP contribution in [0.15, 0.2) is 24.5 Å². The van der Waals surface area contributed by atoms with Crippen molar-refractivity contribution in [3.8, 4) is 0 Å². The standard InChI is InChI=1S/C9H11NO2.C8H16N2O.C8H10N2O.H3N.H2O.2O.Pt/c1-6-4-8(9(11)12-3)7(2)10-5-6;2*1-5-3-7(8(9)11)6(2)10-4-5;;;;;/h4-5H,1-3H3;5-7,10H,3-4H2,1-2H3,(H2,9,11);3-4H,1-2H3,(H2,9,11);1H3;1H2;;;. The van der Waals surface area contributed by atoms with Gasteiger partial charge in [0, 0.05) is 24.1 Å². The first-order chi connectivity index (χ1) is 17.3. The van der Waals surface area contributed by atoms with Crippen LogP contribution in [-0.2, 0) is 34.8 Å². The third-order valence-corrected chi connectivity index (χ3v) is 5.53. The number of ether oxygens (including phenoxy) is 1. The van der Waals surface area contributed by atoms with E-state index in [0.717, 1.165) is 24.1 Å². The number of hydrogen-bond donors (Lipinski definition) is 4. The SMILES string of the molecule is CC1CNC(C)C(C(N)=O)C1.COC(=O)c1cc(C)cnc1C.Cc1cnc(C)c(C(N)=O)c1.N.O.[O]=[Pt]=[O]. The molecule has 1 aliphatic rings. The van der Waals surface area contributed by atoms with Gasteiger partial charge in [-0.25, -0.2) is 4.79 Å². The number of carbonyl (C=O) groups is 3. The van der Waals surface area contributed by atoms with E-state index in [1.807, 2.05) is 20.8 Å². The second-order valence-electron chi connectivity index (χ2n) is 8.75. The second kappa shape index (κ2) is 20.8. The van der Waals surface area contributed by atoms with Gasteiger partial charge in [-0.05, 0) is 76.8 Å². The summed E-state index contributed by atoms with van der Waals surface area (Å²) in [5.41, 5.74) is 14.7. The normalized spacial score (nSPS) is 17.1. The monoisotopic (exact) mass is 733 g/mol. The summed E-state index contributed by atoms with van der Waals surface area (Å²) in [6.45, 7) is 12.5. The van der Waals surface area contributed by atoms with Gasteiger partial charge in [-0.15, -0.1) is 0 Å². The number of methoxy groups -OCH3 is 1. The van der Waals surface area contributed by atoms with Gasteiger partial charge in [0.05, 0.1) is 29.8 Å². The Kier molecular flexibility index (Phi) is 21.5. The molecule has 39 heavy (non-hydrogen) atoms. The van der Waals surface area contributed by atoms with Crippen LogP contribution in [0.5, 0.6) is 0 Å². The fourth-order valence-corrected chi connectivity index (χ4v) is 3.45. The van der Waals surface area contributed by atoms with Crippen molar-refractivity contribution >= 4 is 17.8 Å². The number of aromatic nitrogens is 2. The molecule has 224 valence electrons. The number of pyridine rings is 2. The van der Waals surface area contributed by atoms with E-state index < -0.39 is 24.4 Å². The predicted octanol–water partition coefficient (Wildman–Crippen LogP) is 1.49. The van der Waals surface area contributed by atoms with Crippen LogP contribution in [-0.4, -0.2) is 52.9 Å². The third kappa shape index (κ3) is 15.2. The molecule has 0 bridgehead atoms. The minimum atomic E-state index is -1.92. The van der Waals surface area contributed by atoms with Gasteiger partial charge in [-0.2, -0.15) is 0 Å². The Hall–Kier alpha value is -3.12. The minimum absolute atomic E-state index is 0. The van der Waals surface area contributed by atoms with Gasteiger partial charge in [-0.3, -0.25) is 19.6 Å². The Morgan fingerprint density at radius 2 is 1.38 bits per heavy atom. The number of nitrogens with zero attached hydrogens (tertiary/aromatic N) is 2. The number of esters is 1. The van der Waals surface area contributed by atoms with Gasteiger partial charge in [0.1, 0.15) is 0 Å². The number of rotatable bonds is 3. The molecule has 0 aromatic carbocycles. The zero-order chi connectivity index (χ0) is 28.7. The summed E-state index contributed by atoms with van der Waals surface area (Å²) in [6, 6.07) is 3.77. The first-order valence-corrected chi connectivity index (χ1v) is 13.3. The molecular formula is C25H42N6O7Pt. The van der Waals surface area contributed by atoms with Crippen molar-refractivity contribution in [2.24, 2.45) is 23.3 Å². The summed E-state index contributed by atoms with van der Waals surface area (Å²) in [4.78, 5) is 40.8. The van der Waals surface area contributed by atoms with Crippen molar-refractivity contribution in [2.75, 3.05) is 13.7 Å². The van der Waals surface area contributed by atoms with E-state index in [1.165, 1.54) is 7.11 Å². The molecular weight excluding hydrogens is 691 g/mol. The molecule has 0 saturated carbocycles. The second-order valence-corrected chi connectivity index (χ2v) is 9.13. The van der Waals surface area contributed by atoms with E-state index >= 15 is 0 Å². The van der Waals surface area contributed by atoms with Crippen molar-refractivity contribution in [3.63, 3.8) is 0 Å². The molecule has 3 rings (SSSR count).